The molecule has 276 valence electrons. The third-order valence-corrected chi connectivity index (χ3v) is 12.4. The highest BCUT2D eigenvalue weighted by Crippen LogP contribution is 2.42. The van der Waals surface area contributed by atoms with Crippen LogP contribution in [0.15, 0.2) is 194 Å². The second-order valence-corrected chi connectivity index (χ2v) is 15.7. The van der Waals surface area contributed by atoms with Crippen molar-refractivity contribution < 1.29 is 0 Å². The molecule has 0 aliphatic carbocycles. The zero-order chi connectivity index (χ0) is 38.9. The van der Waals surface area contributed by atoms with Crippen molar-refractivity contribution in [1.82, 2.24) is 29.1 Å². The summed E-state index contributed by atoms with van der Waals surface area (Å²) in [6.07, 6.45) is 0. The van der Waals surface area contributed by atoms with Crippen LogP contribution in [0.1, 0.15) is 0 Å². The molecule has 0 saturated carbocycles. The number of rotatable bonds is 6. The largest absolute Gasteiger partial charge is 0.307 e. The minimum Gasteiger partial charge on any atom is -0.307 e. The van der Waals surface area contributed by atoms with Crippen molar-refractivity contribution in [2.45, 2.75) is 0 Å². The molecule has 4 heterocycles. The van der Waals surface area contributed by atoms with Crippen molar-refractivity contribution in [2.75, 3.05) is 0 Å². The van der Waals surface area contributed by atoms with Gasteiger partial charge in [-0.3, -0.25) is 4.57 Å². The van der Waals surface area contributed by atoms with Gasteiger partial charge in [0.25, 0.3) is 0 Å². The average Bonchev–Trinajstić information content (AvgIpc) is 4.01. The van der Waals surface area contributed by atoms with Gasteiger partial charge in [-0.15, -0.1) is 11.3 Å². The fraction of sp³-hybridized carbons (Fsp3) is 0. The molecule has 59 heavy (non-hydrogen) atoms. The summed E-state index contributed by atoms with van der Waals surface area (Å²) >= 11 is 1.66. The van der Waals surface area contributed by atoms with Crippen LogP contribution in [0.5, 0.6) is 0 Å². The van der Waals surface area contributed by atoms with Crippen molar-refractivity contribution in [3.05, 3.63) is 194 Å². The highest BCUT2D eigenvalue weighted by Gasteiger charge is 2.24. The highest BCUT2D eigenvalue weighted by molar-refractivity contribution is 7.22. The van der Waals surface area contributed by atoms with Gasteiger partial charge in [-0.25, -0.2) is 9.97 Å². The minimum atomic E-state index is 0.550. The average molecular weight is 773 g/mol. The van der Waals surface area contributed by atoms with Crippen LogP contribution in [-0.4, -0.2) is 29.1 Å². The number of benzene rings is 8. The van der Waals surface area contributed by atoms with Gasteiger partial charge in [0.1, 0.15) is 5.01 Å². The summed E-state index contributed by atoms with van der Waals surface area (Å²) in [6, 6.07) is 68.0. The lowest BCUT2D eigenvalue weighted by molar-refractivity contribution is 0.954. The van der Waals surface area contributed by atoms with Crippen LogP contribution >= 0.6 is 11.3 Å². The highest BCUT2D eigenvalue weighted by atomic mass is 32.1. The van der Waals surface area contributed by atoms with Crippen LogP contribution in [0.2, 0.25) is 0 Å². The molecule has 7 heteroatoms. The number of fused-ring (bicyclic) bond motifs is 8. The summed E-state index contributed by atoms with van der Waals surface area (Å²) in [5.41, 5.74) is 11.5. The van der Waals surface area contributed by atoms with Gasteiger partial charge < -0.3 is 4.57 Å². The number of aromatic nitrogens is 6. The lowest BCUT2D eigenvalue weighted by atomic mass is 10.1. The van der Waals surface area contributed by atoms with Crippen LogP contribution < -0.4 is 0 Å². The first-order chi connectivity index (χ1) is 29.3. The second kappa shape index (κ2) is 13.4. The molecule has 12 aromatic rings. The molecule has 4 aromatic heterocycles. The van der Waals surface area contributed by atoms with Crippen LogP contribution in [0.25, 0.3) is 110 Å². The first-order valence-electron chi connectivity index (χ1n) is 19.7. The molecule has 0 spiro atoms. The summed E-state index contributed by atoms with van der Waals surface area (Å²) in [4.78, 5) is 21.0. The monoisotopic (exact) mass is 772 g/mol. The van der Waals surface area contributed by atoms with Crippen LogP contribution in [-0.2, 0) is 0 Å². The Kier molecular flexibility index (Phi) is 7.61. The molecule has 8 aromatic carbocycles. The SMILES string of the molecule is c1ccc(-c2ccc(-n3c4ccccc4c4ccc5c6ccccc6n(-c6nc(-c7ccccc7)nc(-c7cccc8nc(-c9ccccc9)sc78)n6)c5c43)cc2)cc1. The maximum Gasteiger partial charge on any atom is 0.238 e. The molecular formula is C52H32N6S. The fourth-order valence-corrected chi connectivity index (χ4v) is 9.62. The quantitative estimate of drug-likeness (QED) is 0.169. The van der Waals surface area contributed by atoms with Crippen molar-refractivity contribution in [3.8, 4) is 56.1 Å². The first kappa shape index (κ1) is 33.4. The van der Waals surface area contributed by atoms with E-state index < -0.39 is 0 Å². The van der Waals surface area contributed by atoms with Crippen LogP contribution in [0.3, 0.4) is 0 Å². The Labute approximate surface area is 343 Å². The van der Waals surface area contributed by atoms with E-state index in [0.29, 0.717) is 17.6 Å². The predicted molar refractivity (Wildman–Crippen MR) is 243 cm³/mol. The second-order valence-electron chi connectivity index (χ2n) is 14.7. The van der Waals surface area contributed by atoms with E-state index in [1.165, 1.54) is 16.5 Å². The number of hydrogen-bond donors (Lipinski definition) is 0. The molecule has 0 fully saturated rings. The van der Waals surface area contributed by atoms with Crippen molar-refractivity contribution in [3.63, 3.8) is 0 Å². The number of para-hydroxylation sites is 2. The standard InChI is InChI=1S/C52H32N6S/c1-4-15-33(16-5-1)34-27-29-37(30-28-34)57-44-25-12-10-21-38(44)40-31-32-41-39-22-11-13-26-45(39)58(47(41)46(40)57)52-55-49(35-17-6-2-7-18-35)54-50(56-52)42-23-14-24-43-48(42)59-51(53-43)36-19-8-3-9-20-36/h1-32H. The van der Waals surface area contributed by atoms with E-state index in [1.807, 2.05) is 30.3 Å². The van der Waals surface area contributed by atoms with E-state index in [0.717, 1.165) is 75.8 Å². The summed E-state index contributed by atoms with van der Waals surface area (Å²) in [6.45, 7) is 0. The molecule has 0 radical (unpaired) electrons. The van der Waals surface area contributed by atoms with E-state index in [4.69, 9.17) is 19.9 Å². The molecule has 0 amide bonds. The van der Waals surface area contributed by atoms with Gasteiger partial charge >= 0.3 is 0 Å². The molecule has 0 bridgehead atoms. The molecule has 0 aliphatic heterocycles. The summed E-state index contributed by atoms with van der Waals surface area (Å²) in [5.74, 6) is 1.75. The van der Waals surface area contributed by atoms with E-state index in [2.05, 4.69) is 173 Å². The van der Waals surface area contributed by atoms with E-state index in [1.54, 1.807) is 11.3 Å². The van der Waals surface area contributed by atoms with Gasteiger partial charge in [0.15, 0.2) is 11.6 Å². The van der Waals surface area contributed by atoms with Gasteiger partial charge in [0.05, 0.1) is 32.3 Å². The van der Waals surface area contributed by atoms with Crippen molar-refractivity contribution in [2.24, 2.45) is 0 Å². The summed E-state index contributed by atoms with van der Waals surface area (Å²) in [5, 5.41) is 5.55. The Bertz CT molecular complexity index is 3530. The maximum atomic E-state index is 5.42. The number of thiazole rings is 1. The molecule has 0 saturated heterocycles. The molecule has 0 unspecified atom stereocenters. The smallest absolute Gasteiger partial charge is 0.238 e. The number of hydrogen-bond acceptors (Lipinski definition) is 5. The summed E-state index contributed by atoms with van der Waals surface area (Å²) in [7, 11) is 0. The van der Waals surface area contributed by atoms with Gasteiger partial charge in [0.2, 0.25) is 5.95 Å². The van der Waals surface area contributed by atoms with E-state index in [9.17, 15) is 0 Å². The maximum absolute atomic E-state index is 5.42. The normalized spacial score (nSPS) is 11.7. The van der Waals surface area contributed by atoms with Crippen LogP contribution in [0.4, 0.5) is 0 Å². The summed E-state index contributed by atoms with van der Waals surface area (Å²) < 4.78 is 5.69. The van der Waals surface area contributed by atoms with Gasteiger partial charge in [-0.1, -0.05) is 158 Å². The Morgan fingerprint density at radius 3 is 1.58 bits per heavy atom. The fourth-order valence-electron chi connectivity index (χ4n) is 8.54. The Balaban J connectivity index is 1.16. The van der Waals surface area contributed by atoms with Crippen LogP contribution in [0, 0.1) is 0 Å². The first-order valence-corrected chi connectivity index (χ1v) is 20.5. The topological polar surface area (TPSA) is 61.4 Å². The molecule has 6 nitrogen and oxygen atoms in total. The Morgan fingerprint density at radius 2 is 0.898 bits per heavy atom. The molecule has 12 rings (SSSR count). The third kappa shape index (κ3) is 5.40. The third-order valence-electron chi connectivity index (χ3n) is 11.2. The minimum absolute atomic E-state index is 0.550. The Morgan fingerprint density at radius 1 is 0.356 bits per heavy atom. The number of nitrogens with zero attached hydrogens (tertiary/aromatic N) is 6. The zero-order valence-electron chi connectivity index (χ0n) is 31.6. The van der Waals surface area contributed by atoms with E-state index >= 15 is 0 Å². The lowest BCUT2D eigenvalue weighted by Gasteiger charge is -2.14. The molecular weight excluding hydrogens is 741 g/mol. The molecule has 0 atom stereocenters. The van der Waals surface area contributed by atoms with Crippen molar-refractivity contribution >= 4 is 65.2 Å². The van der Waals surface area contributed by atoms with E-state index in [-0.39, 0.29) is 0 Å². The van der Waals surface area contributed by atoms with Gasteiger partial charge in [0, 0.05) is 43.9 Å². The van der Waals surface area contributed by atoms with Crippen molar-refractivity contribution in [1.29, 1.82) is 0 Å². The molecule has 0 N–H and O–H groups in total. The lowest BCUT2D eigenvalue weighted by Crippen LogP contribution is -2.07. The predicted octanol–water partition coefficient (Wildman–Crippen LogP) is 13.3. The Hall–Kier alpha value is -7.74. The zero-order valence-corrected chi connectivity index (χ0v) is 32.4. The molecule has 0 aliphatic rings. The van der Waals surface area contributed by atoms with Gasteiger partial charge in [-0.2, -0.15) is 9.97 Å². The van der Waals surface area contributed by atoms with Gasteiger partial charge in [-0.05, 0) is 47.5 Å².